The summed E-state index contributed by atoms with van der Waals surface area (Å²) in [5, 5.41) is 0. The van der Waals surface area contributed by atoms with Gasteiger partial charge in [0, 0.05) is 17.5 Å². The smallest absolute Gasteiger partial charge is 0.150 e. The van der Waals surface area contributed by atoms with Gasteiger partial charge in [0.1, 0.15) is 11.6 Å². The molecule has 0 saturated carbocycles. The zero-order chi connectivity index (χ0) is 15.4. The van der Waals surface area contributed by atoms with E-state index in [9.17, 15) is 8.78 Å². The molecule has 1 atom stereocenters. The molecule has 0 N–H and O–H groups in total. The van der Waals surface area contributed by atoms with Gasteiger partial charge in [-0.25, -0.2) is 8.78 Å². The lowest BCUT2D eigenvalue weighted by Gasteiger charge is -2.20. The first kappa shape index (κ1) is 15.7. The van der Waals surface area contributed by atoms with E-state index in [2.05, 4.69) is 19.9 Å². The van der Waals surface area contributed by atoms with Crippen molar-refractivity contribution in [3.63, 3.8) is 0 Å². The van der Waals surface area contributed by atoms with E-state index in [1.807, 2.05) is 17.6 Å². The molecule has 0 bridgehead atoms. The number of rotatable bonds is 6. The second-order valence-electron chi connectivity index (χ2n) is 5.58. The molecule has 1 aromatic heterocycles. The van der Waals surface area contributed by atoms with E-state index in [0.717, 1.165) is 43.1 Å². The molecule has 2 rings (SSSR count). The Morgan fingerprint density at radius 1 is 1.10 bits per heavy atom. The van der Waals surface area contributed by atoms with Crippen LogP contribution < -0.4 is 0 Å². The van der Waals surface area contributed by atoms with E-state index >= 15 is 0 Å². The van der Waals surface area contributed by atoms with Gasteiger partial charge in [0.05, 0.1) is 5.69 Å². The maximum Gasteiger partial charge on any atom is 0.150 e. The topological polar surface area (TPSA) is 4.93 Å². The van der Waals surface area contributed by atoms with Crippen LogP contribution in [0.5, 0.6) is 0 Å². The Kier molecular flexibility index (Phi) is 5.16. The molecule has 0 fully saturated rings. The molecule has 0 radical (unpaired) electrons. The van der Waals surface area contributed by atoms with Crippen LogP contribution in [0, 0.1) is 18.6 Å². The van der Waals surface area contributed by atoms with Crippen LogP contribution in [-0.4, -0.2) is 4.57 Å². The number of unbranched alkanes of at least 4 members (excludes halogenated alkanes) is 1. The summed E-state index contributed by atoms with van der Waals surface area (Å²) in [7, 11) is 0. The van der Waals surface area contributed by atoms with Crippen LogP contribution in [-0.2, 0) is 0 Å². The Morgan fingerprint density at radius 2 is 1.86 bits per heavy atom. The number of halogens is 2. The average Bonchev–Trinajstić information content (AvgIpc) is 2.82. The molecule has 1 nitrogen and oxygen atoms in total. The molecular formula is C18H23F2N. The van der Waals surface area contributed by atoms with Gasteiger partial charge in [-0.05, 0) is 49.9 Å². The summed E-state index contributed by atoms with van der Waals surface area (Å²) in [5.41, 5.74) is 2.53. The first-order chi connectivity index (χ1) is 10.1. The van der Waals surface area contributed by atoms with E-state index in [0.29, 0.717) is 11.6 Å². The fourth-order valence-corrected chi connectivity index (χ4v) is 2.88. The molecule has 0 saturated heterocycles. The molecule has 1 unspecified atom stereocenters. The number of hydrogen-bond donors (Lipinski definition) is 0. The Labute approximate surface area is 125 Å². The van der Waals surface area contributed by atoms with Gasteiger partial charge in [0.2, 0.25) is 0 Å². The molecule has 0 aliphatic carbocycles. The third kappa shape index (κ3) is 3.34. The lowest BCUT2D eigenvalue weighted by Crippen LogP contribution is -2.09. The maximum absolute atomic E-state index is 14.1. The summed E-state index contributed by atoms with van der Waals surface area (Å²) in [5.74, 6) is -0.648. The van der Waals surface area contributed by atoms with Gasteiger partial charge in [0.15, 0.2) is 0 Å². The van der Waals surface area contributed by atoms with E-state index in [1.165, 1.54) is 12.1 Å². The number of nitrogens with zero attached hydrogens (tertiary/aromatic N) is 1. The van der Waals surface area contributed by atoms with Crippen LogP contribution in [0.15, 0.2) is 30.3 Å². The van der Waals surface area contributed by atoms with Crippen LogP contribution >= 0.6 is 0 Å². The molecule has 0 amide bonds. The number of benzene rings is 1. The summed E-state index contributed by atoms with van der Waals surface area (Å²) >= 11 is 0. The highest BCUT2D eigenvalue weighted by molar-refractivity contribution is 5.40. The largest absolute Gasteiger partial charge is 0.315 e. The lowest BCUT2D eigenvalue weighted by molar-refractivity contribution is 0.540. The molecular weight excluding hydrogens is 268 g/mol. The molecule has 114 valence electrons. The Hall–Kier alpha value is -1.64. The molecule has 1 heterocycles. The first-order valence-corrected chi connectivity index (χ1v) is 7.72. The van der Waals surface area contributed by atoms with Crippen molar-refractivity contribution in [3.05, 3.63) is 53.4 Å². The van der Waals surface area contributed by atoms with Crippen molar-refractivity contribution in [3.8, 4) is 5.69 Å². The molecule has 0 aliphatic heterocycles. The quantitative estimate of drug-likeness (QED) is 0.639. The lowest BCUT2D eigenvalue weighted by atomic mass is 9.95. The Morgan fingerprint density at radius 3 is 2.48 bits per heavy atom. The zero-order valence-electron chi connectivity index (χ0n) is 13.0. The van der Waals surface area contributed by atoms with Crippen molar-refractivity contribution < 1.29 is 8.78 Å². The zero-order valence-corrected chi connectivity index (χ0v) is 13.0. The SMILES string of the molecule is CCCCC(CC)c1ccc(C)n1-c1ccc(F)cc1F. The Bertz CT molecular complexity index is 601. The molecule has 1 aromatic carbocycles. The van der Waals surface area contributed by atoms with E-state index < -0.39 is 11.6 Å². The van der Waals surface area contributed by atoms with Crippen molar-refractivity contribution in [2.24, 2.45) is 0 Å². The van der Waals surface area contributed by atoms with Crippen LogP contribution in [0.25, 0.3) is 5.69 Å². The van der Waals surface area contributed by atoms with Crippen LogP contribution in [0.2, 0.25) is 0 Å². The van der Waals surface area contributed by atoms with Crippen molar-refractivity contribution in [1.82, 2.24) is 4.57 Å². The van der Waals surface area contributed by atoms with Gasteiger partial charge in [-0.1, -0.05) is 26.7 Å². The molecule has 3 heteroatoms. The highest BCUT2D eigenvalue weighted by Crippen LogP contribution is 2.30. The predicted octanol–water partition coefficient (Wildman–Crippen LogP) is 5.75. The standard InChI is InChI=1S/C18H23F2N/c1-4-6-7-14(5-2)17-10-8-13(3)21(17)18-11-9-15(19)12-16(18)20/h8-12,14H,4-7H2,1-3H3. The summed E-state index contributed by atoms with van der Waals surface area (Å²) in [6.07, 6.45) is 4.43. The minimum Gasteiger partial charge on any atom is -0.315 e. The minimum absolute atomic E-state index is 0.406. The first-order valence-electron chi connectivity index (χ1n) is 7.72. The van der Waals surface area contributed by atoms with Crippen LogP contribution in [0.4, 0.5) is 8.78 Å². The molecule has 0 aliphatic rings. The van der Waals surface area contributed by atoms with Gasteiger partial charge in [-0.15, -0.1) is 0 Å². The van der Waals surface area contributed by atoms with Gasteiger partial charge in [-0.2, -0.15) is 0 Å². The number of aromatic nitrogens is 1. The Balaban J connectivity index is 2.46. The summed E-state index contributed by atoms with van der Waals surface area (Å²) < 4.78 is 29.2. The average molecular weight is 291 g/mol. The molecule has 21 heavy (non-hydrogen) atoms. The third-order valence-corrected chi connectivity index (χ3v) is 4.07. The van der Waals surface area contributed by atoms with Gasteiger partial charge >= 0.3 is 0 Å². The van der Waals surface area contributed by atoms with E-state index in [-0.39, 0.29) is 0 Å². The second-order valence-corrected chi connectivity index (χ2v) is 5.58. The van der Waals surface area contributed by atoms with Crippen molar-refractivity contribution in [2.45, 2.75) is 52.4 Å². The minimum atomic E-state index is -0.541. The van der Waals surface area contributed by atoms with Crippen molar-refractivity contribution in [1.29, 1.82) is 0 Å². The predicted molar refractivity (Wildman–Crippen MR) is 83.0 cm³/mol. The third-order valence-electron chi connectivity index (χ3n) is 4.07. The van der Waals surface area contributed by atoms with E-state index in [1.54, 1.807) is 0 Å². The summed E-state index contributed by atoms with van der Waals surface area (Å²) in [4.78, 5) is 0. The molecule has 2 aromatic rings. The van der Waals surface area contributed by atoms with E-state index in [4.69, 9.17) is 0 Å². The summed E-state index contributed by atoms with van der Waals surface area (Å²) in [6.45, 7) is 6.30. The maximum atomic E-state index is 14.1. The monoisotopic (exact) mass is 291 g/mol. The van der Waals surface area contributed by atoms with Crippen molar-refractivity contribution in [2.75, 3.05) is 0 Å². The fourth-order valence-electron chi connectivity index (χ4n) is 2.88. The summed E-state index contributed by atoms with van der Waals surface area (Å²) in [6, 6.07) is 7.86. The van der Waals surface area contributed by atoms with Crippen LogP contribution in [0.3, 0.4) is 0 Å². The van der Waals surface area contributed by atoms with Gasteiger partial charge in [-0.3, -0.25) is 0 Å². The number of hydrogen-bond acceptors (Lipinski definition) is 0. The number of aryl methyl sites for hydroxylation is 1. The fraction of sp³-hybridized carbons (Fsp3) is 0.444. The van der Waals surface area contributed by atoms with Crippen LogP contribution in [0.1, 0.15) is 56.8 Å². The highest BCUT2D eigenvalue weighted by Gasteiger charge is 2.18. The van der Waals surface area contributed by atoms with Gasteiger partial charge in [0.25, 0.3) is 0 Å². The van der Waals surface area contributed by atoms with Crippen molar-refractivity contribution >= 4 is 0 Å². The second kappa shape index (κ2) is 6.88. The van der Waals surface area contributed by atoms with Gasteiger partial charge < -0.3 is 4.57 Å². The molecule has 0 spiro atoms. The highest BCUT2D eigenvalue weighted by atomic mass is 19.1. The normalized spacial score (nSPS) is 12.6.